The first kappa shape index (κ1) is 13.7. The highest BCUT2D eigenvalue weighted by Crippen LogP contribution is 2.07. The van der Waals surface area contributed by atoms with Crippen LogP contribution in [-0.4, -0.2) is 44.7 Å². The molecule has 0 spiro atoms. The molecule has 1 rings (SSSR count). The highest BCUT2D eigenvalue weighted by atomic mass is 19.1. The van der Waals surface area contributed by atoms with Gasteiger partial charge in [0, 0.05) is 6.07 Å². The average Bonchev–Trinajstić information content (AvgIpc) is 2.33. The van der Waals surface area contributed by atoms with Gasteiger partial charge in [-0.15, -0.1) is 0 Å². The van der Waals surface area contributed by atoms with Crippen LogP contribution in [0, 0.1) is 0 Å². The van der Waals surface area contributed by atoms with Gasteiger partial charge in [0.1, 0.15) is 19.1 Å². The van der Waals surface area contributed by atoms with Crippen LogP contribution in [0.25, 0.3) is 0 Å². The molecule has 5 nitrogen and oxygen atoms in total. The van der Waals surface area contributed by atoms with Crippen molar-refractivity contribution in [3.63, 3.8) is 0 Å². The molecule has 1 aromatic heterocycles. The number of nitrogens with zero attached hydrogens (tertiary/aromatic N) is 1. The monoisotopic (exact) mass is 244 g/mol. The lowest BCUT2D eigenvalue weighted by Gasteiger charge is -2.06. The second-order valence-corrected chi connectivity index (χ2v) is 3.16. The van der Waals surface area contributed by atoms with Crippen LogP contribution < -0.4 is 10.5 Å². The first-order valence-corrected chi connectivity index (χ1v) is 5.39. The zero-order valence-corrected chi connectivity index (χ0v) is 9.60. The Balaban J connectivity index is 1.97. The van der Waals surface area contributed by atoms with E-state index in [1.807, 2.05) is 0 Å². The lowest BCUT2D eigenvalue weighted by Crippen LogP contribution is -2.12. The molecule has 0 aliphatic carbocycles. The van der Waals surface area contributed by atoms with Crippen molar-refractivity contribution < 1.29 is 18.6 Å². The van der Waals surface area contributed by atoms with Crippen molar-refractivity contribution in [3.8, 4) is 5.88 Å². The number of nitrogen functional groups attached to an aromatic ring is 1. The van der Waals surface area contributed by atoms with Gasteiger partial charge in [-0.05, 0) is 6.07 Å². The number of rotatable bonds is 9. The van der Waals surface area contributed by atoms with Gasteiger partial charge in [0.2, 0.25) is 5.88 Å². The minimum atomic E-state index is -0.468. The van der Waals surface area contributed by atoms with Crippen LogP contribution in [0.3, 0.4) is 0 Å². The Labute approximate surface area is 99.7 Å². The molecule has 0 saturated carbocycles. The maximum absolute atomic E-state index is 11.6. The van der Waals surface area contributed by atoms with E-state index in [0.717, 1.165) is 0 Å². The van der Waals surface area contributed by atoms with E-state index in [4.69, 9.17) is 19.9 Å². The lowest BCUT2D eigenvalue weighted by molar-refractivity contribution is 0.0320. The Morgan fingerprint density at radius 1 is 1.06 bits per heavy atom. The SMILES string of the molecule is Nc1cccc(OCCOCCOCCF)n1. The summed E-state index contributed by atoms with van der Waals surface area (Å²) in [6, 6.07) is 5.18. The normalized spacial score (nSPS) is 10.4. The minimum Gasteiger partial charge on any atom is -0.475 e. The van der Waals surface area contributed by atoms with Crippen molar-refractivity contribution in [3.05, 3.63) is 18.2 Å². The van der Waals surface area contributed by atoms with E-state index in [1.165, 1.54) is 0 Å². The number of hydrogen-bond donors (Lipinski definition) is 1. The number of ether oxygens (including phenoxy) is 3. The van der Waals surface area contributed by atoms with E-state index >= 15 is 0 Å². The van der Waals surface area contributed by atoms with Crippen molar-refractivity contribution in [1.29, 1.82) is 0 Å². The van der Waals surface area contributed by atoms with Gasteiger partial charge < -0.3 is 19.9 Å². The summed E-state index contributed by atoms with van der Waals surface area (Å²) in [5.74, 6) is 0.894. The molecule has 6 heteroatoms. The average molecular weight is 244 g/mol. The molecule has 1 heterocycles. The fourth-order valence-electron chi connectivity index (χ4n) is 1.09. The van der Waals surface area contributed by atoms with Crippen LogP contribution in [0.15, 0.2) is 18.2 Å². The predicted molar refractivity (Wildman–Crippen MR) is 61.8 cm³/mol. The highest BCUT2D eigenvalue weighted by molar-refractivity contribution is 5.30. The molecule has 0 bridgehead atoms. The topological polar surface area (TPSA) is 66.6 Å². The standard InChI is InChI=1S/C11H17FN2O3/c12-4-5-15-6-7-16-8-9-17-11-3-1-2-10(13)14-11/h1-3H,4-9H2,(H2,13,14). The van der Waals surface area contributed by atoms with Crippen LogP contribution in [0.5, 0.6) is 5.88 Å². The van der Waals surface area contributed by atoms with E-state index in [9.17, 15) is 4.39 Å². The Morgan fingerprint density at radius 3 is 2.47 bits per heavy atom. The van der Waals surface area contributed by atoms with E-state index in [2.05, 4.69) is 4.98 Å². The van der Waals surface area contributed by atoms with Gasteiger partial charge in [-0.2, -0.15) is 4.98 Å². The Morgan fingerprint density at radius 2 is 1.76 bits per heavy atom. The molecule has 0 aliphatic rings. The summed E-state index contributed by atoms with van der Waals surface area (Å²) in [6.45, 7) is 1.28. The first-order chi connectivity index (χ1) is 8.33. The van der Waals surface area contributed by atoms with Crippen molar-refractivity contribution in [1.82, 2.24) is 4.98 Å². The number of nitrogens with two attached hydrogens (primary N) is 1. The van der Waals surface area contributed by atoms with Crippen molar-refractivity contribution in [2.45, 2.75) is 0 Å². The van der Waals surface area contributed by atoms with E-state index < -0.39 is 6.67 Å². The number of anilines is 1. The van der Waals surface area contributed by atoms with Crippen LogP contribution >= 0.6 is 0 Å². The molecule has 0 radical (unpaired) electrons. The Hall–Kier alpha value is -1.40. The van der Waals surface area contributed by atoms with Crippen molar-refractivity contribution in [2.75, 3.05) is 45.4 Å². The molecular weight excluding hydrogens is 227 g/mol. The molecule has 0 aliphatic heterocycles. The first-order valence-electron chi connectivity index (χ1n) is 5.39. The third-order valence-electron chi connectivity index (χ3n) is 1.82. The maximum Gasteiger partial charge on any atom is 0.215 e. The molecule has 1 aromatic rings. The fraction of sp³-hybridized carbons (Fsp3) is 0.545. The summed E-state index contributed by atoms with van der Waals surface area (Å²) in [6.07, 6.45) is 0. The summed E-state index contributed by atoms with van der Waals surface area (Å²) in [5, 5.41) is 0. The molecular formula is C11H17FN2O3. The predicted octanol–water partition coefficient (Wildman–Crippen LogP) is 1.05. The third-order valence-corrected chi connectivity index (χ3v) is 1.82. The van der Waals surface area contributed by atoms with Crippen molar-refractivity contribution in [2.24, 2.45) is 0 Å². The van der Waals surface area contributed by atoms with Crippen LogP contribution in [0.1, 0.15) is 0 Å². The number of hydrogen-bond acceptors (Lipinski definition) is 5. The molecule has 17 heavy (non-hydrogen) atoms. The van der Waals surface area contributed by atoms with Gasteiger partial charge in [0.25, 0.3) is 0 Å². The lowest BCUT2D eigenvalue weighted by atomic mass is 10.4. The molecule has 0 atom stereocenters. The third kappa shape index (κ3) is 6.70. The number of aromatic nitrogens is 1. The van der Waals surface area contributed by atoms with E-state index in [0.29, 0.717) is 38.1 Å². The molecule has 0 amide bonds. The smallest absolute Gasteiger partial charge is 0.215 e. The summed E-state index contributed by atoms with van der Waals surface area (Å²) < 4.78 is 27.0. The Bertz CT molecular complexity index is 313. The largest absolute Gasteiger partial charge is 0.475 e. The van der Waals surface area contributed by atoms with Gasteiger partial charge >= 0.3 is 0 Å². The quantitative estimate of drug-likeness (QED) is 0.657. The van der Waals surface area contributed by atoms with Gasteiger partial charge in [-0.3, -0.25) is 0 Å². The maximum atomic E-state index is 11.6. The molecule has 96 valence electrons. The van der Waals surface area contributed by atoms with Crippen molar-refractivity contribution >= 4 is 5.82 Å². The summed E-state index contributed by atoms with van der Waals surface area (Å²) >= 11 is 0. The summed E-state index contributed by atoms with van der Waals surface area (Å²) in [7, 11) is 0. The van der Waals surface area contributed by atoms with Crippen LogP contribution in [-0.2, 0) is 9.47 Å². The molecule has 0 saturated heterocycles. The molecule has 0 unspecified atom stereocenters. The number of halogens is 1. The molecule has 0 aromatic carbocycles. The molecule has 2 N–H and O–H groups in total. The van der Waals surface area contributed by atoms with Gasteiger partial charge in [0.15, 0.2) is 0 Å². The number of alkyl halides is 1. The number of pyridine rings is 1. The summed E-state index contributed by atoms with van der Waals surface area (Å²) in [5.41, 5.74) is 5.49. The van der Waals surface area contributed by atoms with E-state index in [-0.39, 0.29) is 6.61 Å². The minimum absolute atomic E-state index is 0.118. The Kier molecular flexibility index (Phi) is 7.01. The molecule has 0 fully saturated rings. The van der Waals surface area contributed by atoms with Gasteiger partial charge in [-0.25, -0.2) is 4.39 Å². The fourth-order valence-corrected chi connectivity index (χ4v) is 1.09. The van der Waals surface area contributed by atoms with Gasteiger partial charge in [-0.1, -0.05) is 6.07 Å². The second-order valence-electron chi connectivity index (χ2n) is 3.16. The van der Waals surface area contributed by atoms with Gasteiger partial charge in [0.05, 0.1) is 26.4 Å². The van der Waals surface area contributed by atoms with Crippen LogP contribution in [0.4, 0.5) is 10.2 Å². The highest BCUT2D eigenvalue weighted by Gasteiger charge is 1.96. The summed E-state index contributed by atoms with van der Waals surface area (Å²) in [4.78, 5) is 3.97. The van der Waals surface area contributed by atoms with E-state index in [1.54, 1.807) is 18.2 Å². The zero-order chi connectivity index (χ0) is 12.3. The second kappa shape index (κ2) is 8.72. The zero-order valence-electron chi connectivity index (χ0n) is 9.60. The van der Waals surface area contributed by atoms with Crippen LogP contribution in [0.2, 0.25) is 0 Å².